The number of amides is 5. The van der Waals surface area contributed by atoms with Crippen LogP contribution in [0.3, 0.4) is 0 Å². The van der Waals surface area contributed by atoms with E-state index in [4.69, 9.17) is 50.4 Å². The van der Waals surface area contributed by atoms with E-state index in [1.807, 2.05) is 0 Å². The summed E-state index contributed by atoms with van der Waals surface area (Å²) in [5, 5.41) is 51.9. The second kappa shape index (κ2) is 35.3. The monoisotopic (exact) mass is 1430 g/mol. The van der Waals surface area contributed by atoms with Crippen LogP contribution in [0.15, 0.2) is 59.3 Å². The van der Waals surface area contributed by atoms with E-state index < -0.39 is 222 Å². The van der Waals surface area contributed by atoms with Gasteiger partial charge < -0.3 is 97.4 Å². The number of aliphatic hydroxyl groups is 1. The summed E-state index contributed by atoms with van der Waals surface area (Å²) in [6.07, 6.45) is -10.9. The number of guanidine groups is 1. The molecule has 1 saturated heterocycles. The highest BCUT2D eigenvalue weighted by molar-refractivity contribution is 8.76. The summed E-state index contributed by atoms with van der Waals surface area (Å²) < 4.78 is 42.8. The van der Waals surface area contributed by atoms with E-state index in [1.165, 1.54) is 39.0 Å². The Hall–Kier alpha value is -8.87. The quantitative estimate of drug-likeness (QED) is 0.00812. The van der Waals surface area contributed by atoms with Crippen LogP contribution in [-0.2, 0) is 90.7 Å². The number of nitrogens with two attached hydrogens (primary N) is 3. The molecule has 1 heterocycles. The minimum absolute atomic E-state index is 0.0174. The topological polar surface area (TPSA) is 535 Å². The fourth-order valence-corrected chi connectivity index (χ4v) is 15.0. The van der Waals surface area contributed by atoms with Gasteiger partial charge in [0.2, 0.25) is 35.3 Å². The smallest absolute Gasteiger partial charge is 0.481 e. The Bertz CT molecular complexity index is 3310. The zero-order valence-corrected chi connectivity index (χ0v) is 57.5. The summed E-state index contributed by atoms with van der Waals surface area (Å²) in [7, 11) is 1.75. The minimum Gasteiger partial charge on any atom is -0.481 e. The molecule has 1 aromatic carbocycles. The Balaban J connectivity index is 1.42. The first kappa shape index (κ1) is 80.8. The average molecular weight is 1430 g/mol. The van der Waals surface area contributed by atoms with Crippen molar-refractivity contribution in [2.45, 2.75) is 173 Å². The standard InChI is InChI=1S/C63H87N9O25S2/c1-10-62-27-40(94-57(89)47(81)31(3)68-32(4)73)30(2)46(60(62,7)8)48(93-33(5)74)50(82)61(9)41(26-42-63(29-92-42,97-34(6)75)49(61)51(62)96-56(88)35-16-12-11-13-17-35)95-59(90)91-22-23-98-99-28-39(55(86)87)72-54(85)38(25-45(79)80)71-52(83)36(18-15-21-67-58(65)66)70-53(84)37(24-44(77)78)69-43(76)19-14-20-64/h10-13,16-17,30-31,36-42,47,49,51,81H,1,14-15,18-29,64H2,2-9H3,(H,68,73)(H,69,76)(H,70,84)(H,71,83)(H,72,85)(H,77,78)(H,79,80)(H,86,87)(H4,65,66,67)/b48-46+. The molecule has 99 heavy (non-hydrogen) atoms. The molecule has 15 atom stereocenters. The van der Waals surface area contributed by atoms with Gasteiger partial charge in [-0.3, -0.25) is 52.9 Å². The molecule has 3 fully saturated rings. The predicted molar refractivity (Wildman–Crippen MR) is 348 cm³/mol. The number of carboxylic acids is 3. The lowest BCUT2D eigenvalue weighted by atomic mass is 9.41. The molecule has 2 saturated carbocycles. The van der Waals surface area contributed by atoms with Crippen molar-refractivity contribution in [1.29, 1.82) is 0 Å². The number of aliphatic imine (C=N–C) groups is 1. The van der Waals surface area contributed by atoms with Crippen LogP contribution < -0.4 is 43.8 Å². The molecule has 0 radical (unpaired) electrons. The third kappa shape index (κ3) is 19.7. The molecule has 1 aromatic rings. The molecule has 15 N–H and O–H groups in total. The molecular formula is C63H87N9O25S2. The number of esters is 4. The van der Waals surface area contributed by atoms with Crippen LogP contribution in [0.1, 0.15) is 117 Å². The predicted octanol–water partition coefficient (Wildman–Crippen LogP) is 0.0434. The summed E-state index contributed by atoms with van der Waals surface area (Å²) in [4.78, 5) is 192. The van der Waals surface area contributed by atoms with Crippen LogP contribution >= 0.6 is 21.6 Å². The number of Topliss-reactive ketones (excluding diaryl/α,β-unsaturated/α-hetero) is 1. The van der Waals surface area contributed by atoms with Crippen molar-refractivity contribution in [2.75, 3.05) is 37.8 Å². The van der Waals surface area contributed by atoms with E-state index in [0.717, 1.165) is 35.4 Å². The van der Waals surface area contributed by atoms with Gasteiger partial charge in [0.05, 0.1) is 42.4 Å². The Kier molecular flexibility index (Phi) is 28.8. The van der Waals surface area contributed by atoms with Crippen molar-refractivity contribution in [3.63, 3.8) is 0 Å². The molecule has 0 spiro atoms. The fraction of sp³-hybridized carbons (Fsp3) is 0.603. The van der Waals surface area contributed by atoms with Gasteiger partial charge in [-0.05, 0) is 63.8 Å². The van der Waals surface area contributed by atoms with Crippen LogP contribution in [0, 0.1) is 28.1 Å². The van der Waals surface area contributed by atoms with Crippen LogP contribution in [0.5, 0.6) is 0 Å². The first-order valence-electron chi connectivity index (χ1n) is 31.5. The molecule has 4 aliphatic rings. The number of allylic oxidation sites excluding steroid dienone is 1. The highest BCUT2D eigenvalue weighted by Gasteiger charge is 2.78. The molecular weight excluding hydrogens is 1350 g/mol. The van der Waals surface area contributed by atoms with Crippen LogP contribution in [0.2, 0.25) is 0 Å². The number of fused-ring (bicyclic) bond motifs is 5. The van der Waals surface area contributed by atoms with Gasteiger partial charge in [0, 0.05) is 68.4 Å². The number of benzene rings is 1. The number of hydrogen-bond donors (Lipinski definition) is 12. The number of rotatable bonds is 35. The third-order valence-corrected chi connectivity index (χ3v) is 20.2. The van der Waals surface area contributed by atoms with Crippen molar-refractivity contribution in [1.82, 2.24) is 26.6 Å². The van der Waals surface area contributed by atoms with E-state index in [0.29, 0.717) is 0 Å². The summed E-state index contributed by atoms with van der Waals surface area (Å²) in [6, 6.07) is -0.602. The number of hydrogen-bond acceptors (Lipinski definition) is 26. The van der Waals surface area contributed by atoms with Crippen molar-refractivity contribution >= 4 is 111 Å². The van der Waals surface area contributed by atoms with E-state index in [-0.39, 0.29) is 68.0 Å². The SMILES string of the molecule is C=CC12CC(OC(=O)C(O)C(C)NC(C)=O)C(C)/C(=C(\OC(C)=O)C(=O)C3(C)C(OC(=O)OCCSSCC(NC(=O)C(CC(=O)O)NC(=O)C(CCCN=C(N)N)NC(=O)C(CC(=O)O)NC(=O)CCCN)C(=O)O)CC4OCC4(OC(C)=O)C3C1OC(=O)c1ccccc1)C2(C)C. The van der Waals surface area contributed by atoms with Gasteiger partial charge in [-0.1, -0.05) is 66.6 Å². The van der Waals surface area contributed by atoms with E-state index in [1.54, 1.807) is 39.0 Å². The summed E-state index contributed by atoms with van der Waals surface area (Å²) in [5.41, 5.74) is 8.81. The summed E-state index contributed by atoms with van der Waals surface area (Å²) in [6.45, 7) is 14.2. The molecule has 1 aliphatic heterocycles. The maximum atomic E-state index is 16.3. The molecule has 15 unspecified atom stereocenters. The fourth-order valence-electron chi connectivity index (χ4n) is 13.1. The van der Waals surface area contributed by atoms with Crippen LogP contribution in [0.25, 0.3) is 0 Å². The number of nitrogens with zero attached hydrogens (tertiary/aromatic N) is 1. The Morgan fingerprint density at radius 2 is 1.41 bits per heavy atom. The lowest BCUT2D eigenvalue weighted by Crippen LogP contribution is -2.80. The average Bonchev–Trinajstić information content (AvgIpc) is 0.667. The van der Waals surface area contributed by atoms with Gasteiger partial charge in [0.15, 0.2) is 23.4 Å². The molecule has 0 aromatic heterocycles. The van der Waals surface area contributed by atoms with Crippen molar-refractivity contribution in [3.8, 4) is 0 Å². The number of aliphatic carboxylic acids is 3. The Labute approximate surface area is 576 Å². The van der Waals surface area contributed by atoms with Gasteiger partial charge in [0.25, 0.3) is 0 Å². The number of ketones is 1. The maximum absolute atomic E-state index is 16.3. The molecule has 5 amide bonds. The highest BCUT2D eigenvalue weighted by atomic mass is 33.1. The molecule has 2 bridgehead atoms. The number of carboxylic acid groups (broad SMARTS) is 3. The summed E-state index contributed by atoms with van der Waals surface area (Å²) in [5.74, 6) is -19.0. The van der Waals surface area contributed by atoms with E-state index in [2.05, 4.69) is 38.2 Å². The first-order valence-corrected chi connectivity index (χ1v) is 34.0. The third-order valence-electron chi connectivity index (χ3n) is 17.9. The first-order chi connectivity index (χ1) is 46.4. The zero-order valence-electron chi connectivity index (χ0n) is 55.9. The second-order valence-corrected chi connectivity index (χ2v) is 27.6. The molecule has 5 rings (SSSR count). The molecule has 546 valence electrons. The van der Waals surface area contributed by atoms with Gasteiger partial charge in [0.1, 0.15) is 55.2 Å². The number of carbonyl (C=O) groups is 14. The number of nitrogens with one attached hydrogen (secondary N) is 5. The van der Waals surface area contributed by atoms with Gasteiger partial charge in [-0.25, -0.2) is 19.2 Å². The summed E-state index contributed by atoms with van der Waals surface area (Å²) >= 11 is 0. The second-order valence-electron chi connectivity index (χ2n) is 25.0. The number of ether oxygens (including phenoxy) is 7. The zero-order chi connectivity index (χ0) is 74.1. The van der Waals surface area contributed by atoms with Gasteiger partial charge >= 0.3 is 47.9 Å². The normalized spacial score (nSPS) is 25.9. The number of aliphatic hydroxyl groups excluding tert-OH is 1. The lowest BCUT2D eigenvalue weighted by molar-refractivity contribution is -0.338. The van der Waals surface area contributed by atoms with E-state index >= 15 is 4.79 Å². The molecule has 3 aliphatic carbocycles. The van der Waals surface area contributed by atoms with Gasteiger partial charge in [-0.2, -0.15) is 0 Å². The highest BCUT2D eigenvalue weighted by Crippen LogP contribution is 2.68. The van der Waals surface area contributed by atoms with Crippen molar-refractivity contribution < 1.29 is 121 Å². The lowest BCUT2D eigenvalue weighted by Gasteiger charge is -2.68. The van der Waals surface area contributed by atoms with Gasteiger partial charge in [-0.15, -0.1) is 6.58 Å². The maximum Gasteiger partial charge on any atom is 0.508 e. The van der Waals surface area contributed by atoms with Crippen molar-refractivity contribution in [3.05, 3.63) is 59.9 Å². The Morgan fingerprint density at radius 1 is 0.808 bits per heavy atom. The van der Waals surface area contributed by atoms with E-state index in [9.17, 15) is 82.8 Å². The van der Waals surface area contributed by atoms with Crippen molar-refractivity contribution in [2.24, 2.45) is 50.3 Å². The van der Waals surface area contributed by atoms with Crippen LogP contribution in [0.4, 0.5) is 4.79 Å². The molecule has 34 nitrogen and oxygen atoms in total. The molecule has 36 heteroatoms. The largest absolute Gasteiger partial charge is 0.508 e. The number of carbonyl (C=O) groups excluding carboxylic acids is 11. The minimum atomic E-state index is -2.28. The Morgan fingerprint density at radius 3 is 1.96 bits per heavy atom. The van der Waals surface area contributed by atoms with Crippen LogP contribution in [-0.4, -0.2) is 214 Å².